The van der Waals surface area contributed by atoms with E-state index in [0.717, 1.165) is 45.3 Å². The van der Waals surface area contributed by atoms with Gasteiger partial charge >= 0.3 is 6.03 Å². The fourth-order valence-corrected chi connectivity index (χ4v) is 3.25. The van der Waals surface area contributed by atoms with E-state index >= 15 is 0 Å². The van der Waals surface area contributed by atoms with Crippen molar-refractivity contribution in [2.45, 2.75) is 38.1 Å². The molecule has 2 N–H and O–H groups in total. The van der Waals surface area contributed by atoms with E-state index in [1.54, 1.807) is 0 Å². The summed E-state index contributed by atoms with van der Waals surface area (Å²) in [4.78, 5) is 16.5. The van der Waals surface area contributed by atoms with E-state index < -0.39 is 0 Å². The van der Waals surface area contributed by atoms with Crippen molar-refractivity contribution in [2.75, 3.05) is 39.8 Å². The van der Waals surface area contributed by atoms with E-state index in [2.05, 4.69) is 41.5 Å². The van der Waals surface area contributed by atoms with Crippen LogP contribution in [0, 0.1) is 0 Å². The molecule has 1 aliphatic rings. The Hall–Kier alpha value is -1.59. The van der Waals surface area contributed by atoms with Gasteiger partial charge in [-0.25, -0.2) is 4.79 Å². The lowest BCUT2D eigenvalue weighted by Gasteiger charge is -2.35. The molecule has 5 nitrogen and oxygen atoms in total. The van der Waals surface area contributed by atoms with Crippen molar-refractivity contribution >= 4 is 6.03 Å². The first kappa shape index (κ1) is 18.7. The minimum atomic E-state index is 0.0182. The molecule has 1 fully saturated rings. The van der Waals surface area contributed by atoms with Crippen LogP contribution in [0.5, 0.6) is 0 Å². The zero-order valence-electron chi connectivity index (χ0n) is 14.8. The number of aliphatic hydroxyl groups excluding tert-OH is 1. The molecule has 1 aromatic carbocycles. The third kappa shape index (κ3) is 6.13. The minimum absolute atomic E-state index is 0.0182. The molecule has 5 heteroatoms. The number of likely N-dealkylation sites (tertiary alicyclic amines) is 1. The SMILES string of the molecule is CN(CCNC(=O)N1CCCCC1CCO)CCc1ccccc1. The number of nitrogens with one attached hydrogen (secondary N) is 1. The standard InChI is InChI=1S/C19H31N3O2/c1-21(14-10-17-7-3-2-4-8-17)15-12-20-19(24)22-13-6-5-9-18(22)11-16-23/h2-4,7-8,18,23H,5-6,9-16H2,1H3,(H,20,24). The molecule has 134 valence electrons. The smallest absolute Gasteiger partial charge is 0.317 e. The molecule has 0 spiro atoms. The molecule has 24 heavy (non-hydrogen) atoms. The highest BCUT2D eigenvalue weighted by Gasteiger charge is 2.25. The summed E-state index contributed by atoms with van der Waals surface area (Å²) in [6.45, 7) is 3.44. The Morgan fingerprint density at radius 1 is 1.29 bits per heavy atom. The zero-order chi connectivity index (χ0) is 17.2. The van der Waals surface area contributed by atoms with Crippen LogP contribution in [-0.2, 0) is 6.42 Å². The van der Waals surface area contributed by atoms with Crippen molar-refractivity contribution in [2.24, 2.45) is 0 Å². The fraction of sp³-hybridized carbons (Fsp3) is 0.632. The van der Waals surface area contributed by atoms with Gasteiger partial charge in [-0.15, -0.1) is 0 Å². The quantitative estimate of drug-likeness (QED) is 0.766. The topological polar surface area (TPSA) is 55.8 Å². The van der Waals surface area contributed by atoms with Crippen LogP contribution in [0.1, 0.15) is 31.2 Å². The second kappa shape index (κ2) is 10.3. The van der Waals surface area contributed by atoms with E-state index in [-0.39, 0.29) is 18.7 Å². The van der Waals surface area contributed by atoms with Crippen LogP contribution < -0.4 is 5.32 Å². The van der Waals surface area contributed by atoms with E-state index in [0.29, 0.717) is 13.0 Å². The Bertz CT molecular complexity index is 479. The normalized spacial score (nSPS) is 18.0. The van der Waals surface area contributed by atoms with Gasteiger partial charge in [0.25, 0.3) is 0 Å². The summed E-state index contributed by atoms with van der Waals surface area (Å²) in [5.74, 6) is 0. The fourth-order valence-electron chi connectivity index (χ4n) is 3.25. The summed E-state index contributed by atoms with van der Waals surface area (Å²) in [6.07, 6.45) is 4.92. The van der Waals surface area contributed by atoms with Crippen LogP contribution in [0.3, 0.4) is 0 Å². The number of urea groups is 1. The van der Waals surface area contributed by atoms with Crippen molar-refractivity contribution in [1.82, 2.24) is 15.1 Å². The number of hydrogen-bond acceptors (Lipinski definition) is 3. The Morgan fingerprint density at radius 3 is 2.83 bits per heavy atom. The van der Waals surface area contributed by atoms with Crippen LogP contribution in [0.25, 0.3) is 0 Å². The molecule has 1 unspecified atom stereocenters. The van der Waals surface area contributed by atoms with Gasteiger partial charge in [-0.2, -0.15) is 0 Å². The molecular formula is C19H31N3O2. The van der Waals surface area contributed by atoms with Gasteiger partial charge in [0, 0.05) is 38.8 Å². The maximum Gasteiger partial charge on any atom is 0.317 e. The summed E-state index contributed by atoms with van der Waals surface area (Å²) in [6, 6.07) is 10.7. The number of likely N-dealkylation sites (N-methyl/N-ethyl adjacent to an activating group) is 1. The summed E-state index contributed by atoms with van der Waals surface area (Å²) in [7, 11) is 2.09. The number of carbonyl (C=O) groups is 1. The maximum atomic E-state index is 12.4. The second-order valence-corrected chi connectivity index (χ2v) is 6.63. The highest BCUT2D eigenvalue weighted by atomic mass is 16.3. The third-order valence-electron chi connectivity index (χ3n) is 4.75. The van der Waals surface area contributed by atoms with E-state index in [1.165, 1.54) is 5.56 Å². The summed E-state index contributed by atoms with van der Waals surface area (Å²) < 4.78 is 0. The van der Waals surface area contributed by atoms with Gasteiger partial charge in [-0.3, -0.25) is 0 Å². The number of piperidine rings is 1. The first-order chi connectivity index (χ1) is 11.7. The molecule has 0 bridgehead atoms. The molecular weight excluding hydrogens is 302 g/mol. The lowest BCUT2D eigenvalue weighted by molar-refractivity contribution is 0.131. The zero-order valence-corrected chi connectivity index (χ0v) is 14.8. The van der Waals surface area contributed by atoms with Gasteiger partial charge in [-0.1, -0.05) is 30.3 Å². The molecule has 0 radical (unpaired) electrons. The summed E-state index contributed by atoms with van der Waals surface area (Å²) >= 11 is 0. The molecule has 2 rings (SSSR count). The van der Waals surface area contributed by atoms with Crippen molar-refractivity contribution in [3.63, 3.8) is 0 Å². The number of nitrogens with zero attached hydrogens (tertiary/aromatic N) is 2. The molecule has 2 amide bonds. The Morgan fingerprint density at radius 2 is 2.08 bits per heavy atom. The van der Waals surface area contributed by atoms with E-state index in [9.17, 15) is 4.79 Å². The number of carbonyl (C=O) groups excluding carboxylic acids is 1. The lowest BCUT2D eigenvalue weighted by atomic mass is 10.0. The number of hydrogen-bond donors (Lipinski definition) is 2. The largest absolute Gasteiger partial charge is 0.396 e. The van der Waals surface area contributed by atoms with Gasteiger partial charge in [0.1, 0.15) is 0 Å². The van der Waals surface area contributed by atoms with Crippen molar-refractivity contribution in [1.29, 1.82) is 0 Å². The summed E-state index contributed by atoms with van der Waals surface area (Å²) in [5, 5.41) is 12.2. The van der Waals surface area contributed by atoms with Crippen LogP contribution in [-0.4, -0.2) is 66.8 Å². The van der Waals surface area contributed by atoms with Crippen LogP contribution >= 0.6 is 0 Å². The van der Waals surface area contributed by atoms with Crippen LogP contribution in [0.2, 0.25) is 0 Å². The van der Waals surface area contributed by atoms with Crippen molar-refractivity contribution < 1.29 is 9.90 Å². The van der Waals surface area contributed by atoms with Gasteiger partial charge in [0.2, 0.25) is 0 Å². The monoisotopic (exact) mass is 333 g/mol. The number of amides is 2. The van der Waals surface area contributed by atoms with Gasteiger partial charge < -0.3 is 20.2 Å². The first-order valence-electron chi connectivity index (χ1n) is 9.08. The van der Waals surface area contributed by atoms with E-state index in [4.69, 9.17) is 5.11 Å². The molecule has 1 saturated heterocycles. The van der Waals surface area contributed by atoms with Gasteiger partial charge in [0.05, 0.1) is 0 Å². The molecule has 1 aromatic rings. The third-order valence-corrected chi connectivity index (χ3v) is 4.75. The average Bonchev–Trinajstić information content (AvgIpc) is 2.61. The van der Waals surface area contributed by atoms with Gasteiger partial charge in [0.15, 0.2) is 0 Å². The van der Waals surface area contributed by atoms with Crippen LogP contribution in [0.4, 0.5) is 4.79 Å². The number of rotatable bonds is 8. The number of aliphatic hydroxyl groups is 1. The Kier molecular flexibility index (Phi) is 8.05. The van der Waals surface area contributed by atoms with Crippen LogP contribution in [0.15, 0.2) is 30.3 Å². The summed E-state index contributed by atoms with van der Waals surface area (Å²) in [5.41, 5.74) is 1.34. The van der Waals surface area contributed by atoms with Crippen molar-refractivity contribution in [3.8, 4) is 0 Å². The molecule has 0 saturated carbocycles. The Labute approximate surface area is 145 Å². The predicted octanol–water partition coefficient (Wildman–Crippen LogP) is 2.11. The van der Waals surface area contributed by atoms with Crippen molar-refractivity contribution in [3.05, 3.63) is 35.9 Å². The van der Waals surface area contributed by atoms with E-state index in [1.807, 2.05) is 11.0 Å². The maximum absolute atomic E-state index is 12.4. The highest BCUT2D eigenvalue weighted by molar-refractivity contribution is 5.74. The molecule has 1 atom stereocenters. The average molecular weight is 333 g/mol. The molecule has 0 aromatic heterocycles. The Balaban J connectivity index is 1.65. The first-order valence-corrected chi connectivity index (χ1v) is 9.08. The highest BCUT2D eigenvalue weighted by Crippen LogP contribution is 2.19. The molecule has 1 heterocycles. The predicted molar refractivity (Wildman–Crippen MR) is 97.1 cm³/mol. The molecule has 0 aliphatic carbocycles. The minimum Gasteiger partial charge on any atom is -0.396 e. The molecule has 1 aliphatic heterocycles. The number of benzene rings is 1. The second-order valence-electron chi connectivity index (χ2n) is 6.63. The lowest BCUT2D eigenvalue weighted by Crippen LogP contribution is -2.50. The van der Waals surface area contributed by atoms with Gasteiger partial charge in [-0.05, 0) is 44.7 Å².